The molecule has 1 atom stereocenters. The topological polar surface area (TPSA) is 40.5 Å². The standard InChI is InChI=1S/C9H11IO2/c1-2-9(12)6-3-7(10)5-8(11)4-6/h3-5,9,11-12H,2H2,1H3. The number of aliphatic hydroxyl groups is 1. The van der Waals surface area contributed by atoms with Gasteiger partial charge in [-0.1, -0.05) is 6.92 Å². The van der Waals surface area contributed by atoms with Crippen LogP contribution in [-0.4, -0.2) is 10.2 Å². The van der Waals surface area contributed by atoms with E-state index in [4.69, 9.17) is 0 Å². The van der Waals surface area contributed by atoms with Gasteiger partial charge in [0.05, 0.1) is 6.10 Å². The Morgan fingerprint density at radius 2 is 2.08 bits per heavy atom. The lowest BCUT2D eigenvalue weighted by Gasteiger charge is -2.08. The molecule has 3 heteroatoms. The Hall–Kier alpha value is -0.290. The number of aromatic hydroxyl groups is 1. The summed E-state index contributed by atoms with van der Waals surface area (Å²) < 4.78 is 0.940. The van der Waals surface area contributed by atoms with E-state index in [0.29, 0.717) is 6.42 Å². The Kier molecular flexibility index (Phi) is 3.34. The lowest BCUT2D eigenvalue weighted by Crippen LogP contribution is -1.94. The number of hydrogen-bond donors (Lipinski definition) is 2. The summed E-state index contributed by atoms with van der Waals surface area (Å²) in [6.45, 7) is 1.90. The first-order chi connectivity index (χ1) is 5.63. The van der Waals surface area contributed by atoms with E-state index >= 15 is 0 Å². The van der Waals surface area contributed by atoms with Crippen molar-refractivity contribution in [2.45, 2.75) is 19.4 Å². The van der Waals surface area contributed by atoms with Crippen LogP contribution in [0.3, 0.4) is 0 Å². The van der Waals surface area contributed by atoms with Crippen molar-refractivity contribution in [2.75, 3.05) is 0 Å². The number of hydrogen-bond acceptors (Lipinski definition) is 2. The van der Waals surface area contributed by atoms with Crippen LogP contribution < -0.4 is 0 Å². The average molecular weight is 278 g/mol. The second-order valence-electron chi connectivity index (χ2n) is 2.67. The van der Waals surface area contributed by atoms with E-state index in [1.165, 1.54) is 0 Å². The number of rotatable bonds is 2. The first kappa shape index (κ1) is 9.80. The van der Waals surface area contributed by atoms with Gasteiger partial charge in [0, 0.05) is 3.57 Å². The van der Waals surface area contributed by atoms with Gasteiger partial charge < -0.3 is 10.2 Å². The molecule has 1 unspecified atom stereocenters. The largest absolute Gasteiger partial charge is 0.508 e. The molecule has 0 radical (unpaired) electrons. The molecule has 0 saturated heterocycles. The molecule has 1 aromatic carbocycles. The highest BCUT2D eigenvalue weighted by Crippen LogP contribution is 2.23. The first-order valence-corrected chi connectivity index (χ1v) is 4.89. The van der Waals surface area contributed by atoms with Gasteiger partial charge in [-0.15, -0.1) is 0 Å². The third-order valence-electron chi connectivity index (χ3n) is 1.68. The molecule has 0 heterocycles. The molecule has 0 fully saturated rings. The van der Waals surface area contributed by atoms with Gasteiger partial charge in [-0.05, 0) is 52.8 Å². The number of phenolic OH excluding ortho intramolecular Hbond substituents is 1. The van der Waals surface area contributed by atoms with Gasteiger partial charge in [0.25, 0.3) is 0 Å². The minimum atomic E-state index is -0.467. The van der Waals surface area contributed by atoms with Crippen LogP contribution in [-0.2, 0) is 0 Å². The Balaban J connectivity index is 3.00. The zero-order valence-electron chi connectivity index (χ0n) is 6.79. The number of halogens is 1. The molecule has 1 aromatic rings. The number of benzene rings is 1. The molecule has 0 aliphatic rings. The predicted molar refractivity (Wildman–Crippen MR) is 56.1 cm³/mol. The van der Waals surface area contributed by atoms with Crippen molar-refractivity contribution in [2.24, 2.45) is 0 Å². The monoisotopic (exact) mass is 278 g/mol. The van der Waals surface area contributed by atoms with Crippen LogP contribution in [0, 0.1) is 3.57 Å². The summed E-state index contributed by atoms with van der Waals surface area (Å²) in [6.07, 6.45) is 0.199. The molecule has 2 nitrogen and oxygen atoms in total. The van der Waals surface area contributed by atoms with Gasteiger partial charge in [-0.2, -0.15) is 0 Å². The zero-order chi connectivity index (χ0) is 9.14. The fraction of sp³-hybridized carbons (Fsp3) is 0.333. The van der Waals surface area contributed by atoms with Crippen molar-refractivity contribution < 1.29 is 10.2 Å². The maximum Gasteiger partial charge on any atom is 0.117 e. The van der Waals surface area contributed by atoms with Gasteiger partial charge in [0.15, 0.2) is 0 Å². The molecule has 0 bridgehead atoms. The average Bonchev–Trinajstić information content (AvgIpc) is 2.01. The molecule has 0 spiro atoms. The van der Waals surface area contributed by atoms with Crippen molar-refractivity contribution in [3.8, 4) is 5.75 Å². The lowest BCUT2D eigenvalue weighted by molar-refractivity contribution is 0.173. The molecule has 12 heavy (non-hydrogen) atoms. The second kappa shape index (κ2) is 4.09. The first-order valence-electron chi connectivity index (χ1n) is 3.81. The molecule has 0 aromatic heterocycles. The summed E-state index contributed by atoms with van der Waals surface area (Å²) in [6, 6.07) is 5.12. The minimum absolute atomic E-state index is 0.212. The molecule has 1 rings (SSSR count). The quantitative estimate of drug-likeness (QED) is 0.816. The second-order valence-corrected chi connectivity index (χ2v) is 3.91. The van der Waals surface area contributed by atoms with Crippen LogP contribution in [0.4, 0.5) is 0 Å². The van der Waals surface area contributed by atoms with Crippen molar-refractivity contribution in [1.29, 1.82) is 0 Å². The van der Waals surface area contributed by atoms with Gasteiger partial charge in [0.1, 0.15) is 5.75 Å². The highest BCUT2D eigenvalue weighted by Gasteiger charge is 2.06. The summed E-state index contributed by atoms with van der Waals surface area (Å²) in [4.78, 5) is 0. The van der Waals surface area contributed by atoms with Crippen LogP contribution in [0.1, 0.15) is 25.0 Å². The Morgan fingerprint density at radius 1 is 1.42 bits per heavy atom. The maximum absolute atomic E-state index is 9.46. The third-order valence-corrected chi connectivity index (χ3v) is 2.30. The molecule has 0 aliphatic carbocycles. The van der Waals surface area contributed by atoms with Crippen molar-refractivity contribution in [3.05, 3.63) is 27.3 Å². The summed E-state index contributed by atoms with van der Waals surface area (Å²) in [5, 5.41) is 18.7. The van der Waals surface area contributed by atoms with E-state index in [1.54, 1.807) is 12.1 Å². The summed E-state index contributed by atoms with van der Waals surface area (Å²) in [7, 11) is 0. The van der Waals surface area contributed by atoms with Crippen LogP contribution in [0.25, 0.3) is 0 Å². The summed E-state index contributed by atoms with van der Waals surface area (Å²) in [5.74, 6) is 0.212. The van der Waals surface area contributed by atoms with E-state index < -0.39 is 6.10 Å². The van der Waals surface area contributed by atoms with E-state index in [0.717, 1.165) is 9.13 Å². The smallest absolute Gasteiger partial charge is 0.117 e. The fourth-order valence-electron chi connectivity index (χ4n) is 1.02. The molecular weight excluding hydrogens is 267 g/mol. The van der Waals surface area contributed by atoms with E-state index in [1.807, 2.05) is 13.0 Å². The highest BCUT2D eigenvalue weighted by molar-refractivity contribution is 14.1. The van der Waals surface area contributed by atoms with Crippen molar-refractivity contribution >= 4 is 22.6 Å². The molecule has 0 saturated carbocycles. The molecule has 2 N–H and O–H groups in total. The lowest BCUT2D eigenvalue weighted by atomic mass is 10.1. The summed E-state index contributed by atoms with van der Waals surface area (Å²) >= 11 is 2.11. The van der Waals surface area contributed by atoms with Crippen LogP contribution in [0.5, 0.6) is 5.75 Å². The SMILES string of the molecule is CCC(O)c1cc(O)cc(I)c1. The van der Waals surface area contributed by atoms with Gasteiger partial charge in [-0.25, -0.2) is 0 Å². The molecule has 66 valence electrons. The Morgan fingerprint density at radius 3 is 2.58 bits per heavy atom. The van der Waals surface area contributed by atoms with Gasteiger partial charge in [-0.3, -0.25) is 0 Å². The molecule has 0 aliphatic heterocycles. The van der Waals surface area contributed by atoms with E-state index in [2.05, 4.69) is 22.6 Å². The van der Waals surface area contributed by atoms with Crippen LogP contribution in [0.15, 0.2) is 18.2 Å². The van der Waals surface area contributed by atoms with Crippen LogP contribution in [0.2, 0.25) is 0 Å². The highest BCUT2D eigenvalue weighted by atomic mass is 127. The van der Waals surface area contributed by atoms with Crippen molar-refractivity contribution in [1.82, 2.24) is 0 Å². The van der Waals surface area contributed by atoms with Gasteiger partial charge in [0.2, 0.25) is 0 Å². The number of phenols is 1. The Bertz CT molecular complexity index is 253. The third kappa shape index (κ3) is 2.35. The zero-order valence-corrected chi connectivity index (χ0v) is 8.95. The normalized spacial score (nSPS) is 12.9. The Labute approximate surface area is 85.4 Å². The van der Waals surface area contributed by atoms with E-state index in [9.17, 15) is 10.2 Å². The maximum atomic E-state index is 9.46. The minimum Gasteiger partial charge on any atom is -0.508 e. The van der Waals surface area contributed by atoms with E-state index in [-0.39, 0.29) is 5.75 Å². The summed E-state index contributed by atoms with van der Waals surface area (Å²) in [5.41, 5.74) is 0.780. The number of aliphatic hydroxyl groups excluding tert-OH is 1. The predicted octanol–water partition coefficient (Wildman–Crippen LogP) is 2.44. The molecular formula is C9H11IO2. The van der Waals surface area contributed by atoms with Crippen LogP contribution >= 0.6 is 22.6 Å². The van der Waals surface area contributed by atoms with Gasteiger partial charge >= 0.3 is 0 Å². The van der Waals surface area contributed by atoms with Crippen molar-refractivity contribution in [3.63, 3.8) is 0 Å². The molecule has 0 amide bonds. The fourth-order valence-corrected chi connectivity index (χ4v) is 1.70.